The molecule has 4 rings (SSSR count). The zero-order valence-corrected chi connectivity index (χ0v) is 15.6. The minimum Gasteiger partial charge on any atom is -0.337 e. The van der Waals surface area contributed by atoms with Crippen molar-refractivity contribution in [1.82, 2.24) is 19.9 Å². The standard InChI is InChI=1S/C22H22N4O2/c27-21(18-9-5-2-6-10-18)19-11-13-25(14-12-19)22(28)20-16-26(24-23-20)15-17-7-3-1-4-8-17/h1-10,16,19H,11-15H2. The molecule has 1 saturated heterocycles. The number of carbonyl (C=O) groups excluding carboxylic acids is 2. The first-order chi connectivity index (χ1) is 13.7. The number of likely N-dealkylation sites (tertiary alicyclic amines) is 1. The lowest BCUT2D eigenvalue weighted by Gasteiger charge is -2.30. The number of aromatic nitrogens is 3. The van der Waals surface area contributed by atoms with Gasteiger partial charge in [-0.25, -0.2) is 4.68 Å². The molecule has 6 heteroatoms. The number of hydrogen-bond donors (Lipinski definition) is 0. The second-order valence-electron chi connectivity index (χ2n) is 7.08. The Morgan fingerprint density at radius 3 is 2.25 bits per heavy atom. The summed E-state index contributed by atoms with van der Waals surface area (Å²) in [5.41, 5.74) is 2.20. The zero-order valence-electron chi connectivity index (χ0n) is 15.6. The van der Waals surface area contributed by atoms with Crippen molar-refractivity contribution in [3.8, 4) is 0 Å². The van der Waals surface area contributed by atoms with Crippen LogP contribution in [0.15, 0.2) is 66.9 Å². The van der Waals surface area contributed by atoms with E-state index in [9.17, 15) is 9.59 Å². The maximum Gasteiger partial charge on any atom is 0.276 e. The van der Waals surface area contributed by atoms with Gasteiger partial charge in [-0.3, -0.25) is 9.59 Å². The molecule has 0 N–H and O–H groups in total. The lowest BCUT2D eigenvalue weighted by Crippen LogP contribution is -2.40. The number of rotatable bonds is 5. The van der Waals surface area contributed by atoms with Gasteiger partial charge in [-0.05, 0) is 18.4 Å². The Bertz CT molecular complexity index is 945. The molecule has 0 atom stereocenters. The third-order valence-corrected chi connectivity index (χ3v) is 5.16. The summed E-state index contributed by atoms with van der Waals surface area (Å²) in [6.45, 7) is 1.70. The van der Waals surface area contributed by atoms with Crippen LogP contribution in [0.1, 0.15) is 39.3 Å². The number of benzene rings is 2. The average molecular weight is 374 g/mol. The monoisotopic (exact) mass is 374 g/mol. The van der Waals surface area contributed by atoms with Crippen LogP contribution in [-0.2, 0) is 6.54 Å². The molecular weight excluding hydrogens is 352 g/mol. The van der Waals surface area contributed by atoms with E-state index in [4.69, 9.17) is 0 Å². The van der Waals surface area contributed by atoms with Crippen LogP contribution in [0.2, 0.25) is 0 Å². The minimum absolute atomic E-state index is 0.0276. The number of piperidine rings is 1. The SMILES string of the molecule is O=C(c1ccccc1)C1CCN(C(=O)c2cn(Cc3ccccc3)nn2)CC1. The van der Waals surface area contributed by atoms with Crippen LogP contribution >= 0.6 is 0 Å². The molecular formula is C22H22N4O2. The molecule has 1 aliphatic heterocycles. The molecule has 1 aromatic heterocycles. The number of Topliss-reactive ketones (excluding diaryl/α,β-unsaturated/α-hetero) is 1. The molecule has 28 heavy (non-hydrogen) atoms. The van der Waals surface area contributed by atoms with Crippen molar-refractivity contribution in [2.45, 2.75) is 19.4 Å². The van der Waals surface area contributed by atoms with Gasteiger partial charge < -0.3 is 4.90 Å². The van der Waals surface area contributed by atoms with Crippen molar-refractivity contribution in [3.63, 3.8) is 0 Å². The first-order valence-electron chi connectivity index (χ1n) is 9.53. The molecule has 0 unspecified atom stereocenters. The van der Waals surface area contributed by atoms with Gasteiger partial charge in [0, 0.05) is 24.6 Å². The summed E-state index contributed by atoms with van der Waals surface area (Å²) in [6, 6.07) is 19.3. The van der Waals surface area contributed by atoms with E-state index in [0.29, 0.717) is 38.2 Å². The van der Waals surface area contributed by atoms with Crippen LogP contribution in [0, 0.1) is 5.92 Å². The lowest BCUT2D eigenvalue weighted by molar-refractivity contribution is 0.0645. The van der Waals surface area contributed by atoms with E-state index in [-0.39, 0.29) is 17.6 Å². The van der Waals surface area contributed by atoms with E-state index < -0.39 is 0 Å². The van der Waals surface area contributed by atoms with Crippen LogP contribution in [-0.4, -0.2) is 44.7 Å². The molecule has 1 aliphatic rings. The van der Waals surface area contributed by atoms with Crippen molar-refractivity contribution in [1.29, 1.82) is 0 Å². The van der Waals surface area contributed by atoms with E-state index in [1.54, 1.807) is 15.8 Å². The predicted octanol–water partition coefficient (Wildman–Crippen LogP) is 3.06. The summed E-state index contributed by atoms with van der Waals surface area (Å²) < 4.78 is 1.67. The Labute approximate surface area is 163 Å². The molecule has 1 fully saturated rings. The second-order valence-corrected chi connectivity index (χ2v) is 7.08. The smallest absolute Gasteiger partial charge is 0.276 e. The number of amides is 1. The molecule has 1 amide bonds. The second kappa shape index (κ2) is 8.17. The largest absolute Gasteiger partial charge is 0.337 e. The van der Waals surface area contributed by atoms with Gasteiger partial charge in [0.15, 0.2) is 11.5 Å². The maximum absolute atomic E-state index is 12.7. The minimum atomic E-state index is -0.120. The van der Waals surface area contributed by atoms with Gasteiger partial charge in [0.1, 0.15) is 0 Å². The number of hydrogen-bond acceptors (Lipinski definition) is 4. The van der Waals surface area contributed by atoms with Gasteiger partial charge in [-0.15, -0.1) is 5.10 Å². The van der Waals surface area contributed by atoms with Gasteiger partial charge in [-0.2, -0.15) is 0 Å². The van der Waals surface area contributed by atoms with E-state index in [0.717, 1.165) is 11.1 Å². The molecule has 3 aromatic rings. The summed E-state index contributed by atoms with van der Waals surface area (Å²) in [6.07, 6.45) is 3.05. The molecule has 6 nitrogen and oxygen atoms in total. The van der Waals surface area contributed by atoms with E-state index >= 15 is 0 Å². The quantitative estimate of drug-likeness (QED) is 0.644. The van der Waals surface area contributed by atoms with Crippen LogP contribution in [0.3, 0.4) is 0 Å². The molecule has 2 heterocycles. The number of ketones is 1. The van der Waals surface area contributed by atoms with Gasteiger partial charge in [0.2, 0.25) is 0 Å². The Morgan fingerprint density at radius 2 is 1.57 bits per heavy atom. The van der Waals surface area contributed by atoms with Crippen LogP contribution in [0.25, 0.3) is 0 Å². The number of carbonyl (C=O) groups is 2. The Hall–Kier alpha value is -3.28. The van der Waals surface area contributed by atoms with Crippen LogP contribution in [0.4, 0.5) is 0 Å². The summed E-state index contributed by atoms with van der Waals surface area (Å²) >= 11 is 0. The van der Waals surface area contributed by atoms with E-state index in [1.165, 1.54) is 0 Å². The zero-order chi connectivity index (χ0) is 19.3. The highest BCUT2D eigenvalue weighted by Crippen LogP contribution is 2.22. The van der Waals surface area contributed by atoms with Crippen molar-refractivity contribution >= 4 is 11.7 Å². The van der Waals surface area contributed by atoms with Crippen molar-refractivity contribution in [2.24, 2.45) is 5.92 Å². The fraction of sp³-hybridized carbons (Fsp3) is 0.273. The fourth-order valence-corrected chi connectivity index (χ4v) is 3.59. The molecule has 0 aliphatic carbocycles. The van der Waals surface area contributed by atoms with E-state index in [1.807, 2.05) is 60.7 Å². The average Bonchev–Trinajstić information content (AvgIpc) is 3.22. The molecule has 0 radical (unpaired) electrons. The highest BCUT2D eigenvalue weighted by Gasteiger charge is 2.29. The Kier molecular flexibility index (Phi) is 5.28. The predicted molar refractivity (Wildman–Crippen MR) is 105 cm³/mol. The summed E-state index contributed by atoms with van der Waals surface area (Å²) in [4.78, 5) is 27.1. The maximum atomic E-state index is 12.7. The normalized spacial score (nSPS) is 14.8. The van der Waals surface area contributed by atoms with Gasteiger partial charge in [0.05, 0.1) is 12.7 Å². The van der Waals surface area contributed by atoms with Crippen LogP contribution in [0.5, 0.6) is 0 Å². The molecule has 0 spiro atoms. The molecule has 0 bridgehead atoms. The topological polar surface area (TPSA) is 68.1 Å². The highest BCUT2D eigenvalue weighted by atomic mass is 16.2. The molecule has 0 saturated carbocycles. The lowest BCUT2D eigenvalue weighted by atomic mass is 9.89. The van der Waals surface area contributed by atoms with E-state index in [2.05, 4.69) is 10.3 Å². The van der Waals surface area contributed by atoms with Gasteiger partial charge in [0.25, 0.3) is 5.91 Å². The Morgan fingerprint density at radius 1 is 0.929 bits per heavy atom. The van der Waals surface area contributed by atoms with Gasteiger partial charge in [-0.1, -0.05) is 65.9 Å². The fourth-order valence-electron chi connectivity index (χ4n) is 3.59. The van der Waals surface area contributed by atoms with Crippen molar-refractivity contribution in [3.05, 3.63) is 83.7 Å². The molecule has 2 aromatic carbocycles. The first kappa shape index (κ1) is 18.1. The summed E-state index contributed by atoms with van der Waals surface area (Å²) in [5.74, 6) is 0.0200. The van der Waals surface area contributed by atoms with Crippen LogP contribution < -0.4 is 0 Å². The van der Waals surface area contributed by atoms with Crippen molar-refractivity contribution < 1.29 is 9.59 Å². The molecule has 142 valence electrons. The third kappa shape index (κ3) is 4.01. The summed E-state index contributed by atoms with van der Waals surface area (Å²) in [5, 5.41) is 8.12. The Balaban J connectivity index is 1.35. The van der Waals surface area contributed by atoms with Crippen molar-refractivity contribution in [2.75, 3.05) is 13.1 Å². The summed E-state index contributed by atoms with van der Waals surface area (Å²) in [7, 11) is 0. The number of nitrogens with zero attached hydrogens (tertiary/aromatic N) is 4. The first-order valence-corrected chi connectivity index (χ1v) is 9.53. The van der Waals surface area contributed by atoms with Gasteiger partial charge >= 0.3 is 0 Å². The third-order valence-electron chi connectivity index (χ3n) is 5.16. The highest BCUT2D eigenvalue weighted by molar-refractivity contribution is 5.98.